The van der Waals surface area contributed by atoms with Gasteiger partial charge in [0, 0.05) is 16.6 Å². The summed E-state index contributed by atoms with van der Waals surface area (Å²) in [4.78, 5) is 16.3. The number of halogens is 2. The van der Waals surface area contributed by atoms with Crippen molar-refractivity contribution >= 4 is 51.8 Å². The number of hydrogen-bond donors (Lipinski definition) is 3. The molecular formula is C16H26BrIN4O. The zero-order chi connectivity index (χ0) is 16.6. The van der Waals surface area contributed by atoms with Gasteiger partial charge in [-0.15, -0.1) is 24.0 Å². The molecule has 0 aliphatic rings. The third-order valence-corrected chi connectivity index (χ3v) is 3.08. The number of amides is 1. The lowest BCUT2D eigenvalue weighted by Crippen LogP contribution is -2.48. The van der Waals surface area contributed by atoms with Gasteiger partial charge < -0.3 is 16.0 Å². The molecule has 0 saturated carbocycles. The van der Waals surface area contributed by atoms with Crippen molar-refractivity contribution in [2.24, 2.45) is 4.99 Å². The predicted molar refractivity (Wildman–Crippen MR) is 110 cm³/mol. The highest BCUT2D eigenvalue weighted by molar-refractivity contribution is 14.0. The van der Waals surface area contributed by atoms with Crippen LogP contribution in [0.2, 0.25) is 0 Å². The van der Waals surface area contributed by atoms with Crippen molar-refractivity contribution < 1.29 is 4.79 Å². The Bertz CT molecular complexity index is 529. The molecule has 5 nitrogen and oxygen atoms in total. The van der Waals surface area contributed by atoms with Gasteiger partial charge in [0.1, 0.15) is 0 Å². The molecule has 0 spiro atoms. The van der Waals surface area contributed by atoms with E-state index < -0.39 is 0 Å². The summed E-state index contributed by atoms with van der Waals surface area (Å²) in [6.07, 6.45) is 0. The van der Waals surface area contributed by atoms with Gasteiger partial charge in [0.2, 0.25) is 5.91 Å². The van der Waals surface area contributed by atoms with Crippen molar-refractivity contribution in [3.8, 4) is 0 Å². The van der Waals surface area contributed by atoms with Crippen LogP contribution >= 0.6 is 39.9 Å². The highest BCUT2D eigenvalue weighted by Crippen LogP contribution is 2.12. The zero-order valence-corrected chi connectivity index (χ0v) is 18.0. The van der Waals surface area contributed by atoms with Crippen LogP contribution in [0.25, 0.3) is 0 Å². The summed E-state index contributed by atoms with van der Waals surface area (Å²) < 4.78 is 1.03. The average molecular weight is 497 g/mol. The molecular weight excluding hydrogens is 471 g/mol. The van der Waals surface area contributed by atoms with Gasteiger partial charge in [0.05, 0.1) is 13.1 Å². The van der Waals surface area contributed by atoms with E-state index in [0.717, 1.165) is 16.6 Å². The molecule has 0 fully saturated rings. The minimum absolute atomic E-state index is 0. The first kappa shape index (κ1) is 22.2. The van der Waals surface area contributed by atoms with E-state index in [1.807, 2.05) is 52.0 Å². The molecule has 0 aliphatic carbocycles. The third-order valence-electron chi connectivity index (χ3n) is 2.58. The van der Waals surface area contributed by atoms with Crippen molar-refractivity contribution in [3.63, 3.8) is 0 Å². The van der Waals surface area contributed by atoms with Crippen LogP contribution in [0.15, 0.2) is 33.7 Å². The Morgan fingerprint density at radius 1 is 1.26 bits per heavy atom. The Morgan fingerprint density at radius 3 is 2.52 bits per heavy atom. The largest absolute Gasteiger partial charge is 0.357 e. The first-order valence-electron chi connectivity index (χ1n) is 7.38. The first-order valence-corrected chi connectivity index (χ1v) is 8.17. The lowest BCUT2D eigenvalue weighted by Gasteiger charge is -2.21. The highest BCUT2D eigenvalue weighted by atomic mass is 127. The molecule has 3 N–H and O–H groups in total. The summed E-state index contributed by atoms with van der Waals surface area (Å²) in [6.45, 7) is 9.35. The SMILES string of the molecule is CCNC(=NCc1cccc(Br)c1)NCC(=O)NC(C)(C)C.I. The van der Waals surface area contributed by atoms with E-state index in [9.17, 15) is 4.79 Å². The van der Waals surface area contributed by atoms with Gasteiger partial charge in [-0.3, -0.25) is 4.79 Å². The number of aliphatic imine (C=N–C) groups is 1. The van der Waals surface area contributed by atoms with Crippen LogP contribution in [0.3, 0.4) is 0 Å². The number of nitrogens with one attached hydrogen (secondary N) is 3. The summed E-state index contributed by atoms with van der Waals surface area (Å²) in [5, 5.41) is 9.08. The second-order valence-electron chi connectivity index (χ2n) is 5.98. The maximum Gasteiger partial charge on any atom is 0.239 e. The number of guanidine groups is 1. The van der Waals surface area contributed by atoms with Gasteiger partial charge in [-0.25, -0.2) is 4.99 Å². The summed E-state index contributed by atoms with van der Waals surface area (Å²) in [6, 6.07) is 8.00. The van der Waals surface area contributed by atoms with Gasteiger partial charge in [0.15, 0.2) is 5.96 Å². The quantitative estimate of drug-likeness (QED) is 0.333. The van der Waals surface area contributed by atoms with Crippen molar-refractivity contribution in [2.75, 3.05) is 13.1 Å². The van der Waals surface area contributed by atoms with Crippen molar-refractivity contribution in [3.05, 3.63) is 34.3 Å². The number of benzene rings is 1. The molecule has 0 aliphatic heterocycles. The van der Waals surface area contributed by atoms with Gasteiger partial charge in [0.25, 0.3) is 0 Å². The smallest absolute Gasteiger partial charge is 0.239 e. The maximum atomic E-state index is 11.8. The van der Waals surface area contributed by atoms with Crippen LogP contribution in [-0.2, 0) is 11.3 Å². The molecule has 7 heteroatoms. The van der Waals surface area contributed by atoms with Crippen molar-refractivity contribution in [1.82, 2.24) is 16.0 Å². The Labute approximate surface area is 164 Å². The summed E-state index contributed by atoms with van der Waals surface area (Å²) in [5.41, 5.74) is 0.871. The van der Waals surface area contributed by atoms with Crippen molar-refractivity contribution in [2.45, 2.75) is 39.8 Å². The van der Waals surface area contributed by atoms with Crippen LogP contribution in [0.1, 0.15) is 33.3 Å². The van der Waals surface area contributed by atoms with Crippen molar-refractivity contribution in [1.29, 1.82) is 0 Å². The van der Waals surface area contributed by atoms with Gasteiger partial charge in [-0.2, -0.15) is 0 Å². The fourth-order valence-corrected chi connectivity index (χ4v) is 2.22. The fourth-order valence-electron chi connectivity index (χ4n) is 1.77. The third kappa shape index (κ3) is 10.5. The molecule has 0 radical (unpaired) electrons. The second kappa shape index (κ2) is 10.9. The Hall–Kier alpha value is -0.830. The molecule has 1 rings (SSSR count). The number of nitrogens with zero attached hydrogens (tertiary/aromatic N) is 1. The molecule has 23 heavy (non-hydrogen) atoms. The normalized spacial score (nSPS) is 11.4. The molecule has 0 saturated heterocycles. The van der Waals surface area contributed by atoms with E-state index in [4.69, 9.17) is 0 Å². The summed E-state index contributed by atoms with van der Waals surface area (Å²) >= 11 is 3.44. The monoisotopic (exact) mass is 496 g/mol. The standard InChI is InChI=1S/C16H25BrN4O.HI/c1-5-18-15(20-11-14(22)21-16(2,3)4)19-10-12-7-6-8-13(17)9-12;/h6-9H,5,10-11H2,1-4H3,(H,21,22)(H2,18,19,20);1H. The number of rotatable bonds is 5. The van der Waals surface area contributed by atoms with Gasteiger partial charge >= 0.3 is 0 Å². The molecule has 0 unspecified atom stereocenters. The van der Waals surface area contributed by atoms with Gasteiger partial charge in [-0.1, -0.05) is 28.1 Å². The van der Waals surface area contributed by atoms with Crippen LogP contribution < -0.4 is 16.0 Å². The molecule has 1 aromatic carbocycles. The molecule has 0 heterocycles. The topological polar surface area (TPSA) is 65.5 Å². The van der Waals surface area contributed by atoms with Crippen LogP contribution in [0.4, 0.5) is 0 Å². The lowest BCUT2D eigenvalue weighted by atomic mass is 10.1. The molecule has 0 atom stereocenters. The van der Waals surface area contributed by atoms with E-state index >= 15 is 0 Å². The minimum Gasteiger partial charge on any atom is -0.357 e. The lowest BCUT2D eigenvalue weighted by molar-refractivity contribution is -0.121. The van der Waals surface area contributed by atoms with E-state index in [1.54, 1.807) is 0 Å². The van der Waals surface area contributed by atoms with Crippen LogP contribution in [0.5, 0.6) is 0 Å². The predicted octanol–water partition coefficient (Wildman–Crippen LogP) is 3.04. The van der Waals surface area contributed by atoms with E-state index in [1.165, 1.54) is 0 Å². The number of carbonyl (C=O) groups excluding carboxylic acids is 1. The van der Waals surface area contributed by atoms with E-state index in [0.29, 0.717) is 12.5 Å². The number of hydrogen-bond acceptors (Lipinski definition) is 2. The molecule has 1 amide bonds. The van der Waals surface area contributed by atoms with Crippen LogP contribution in [-0.4, -0.2) is 30.5 Å². The average Bonchev–Trinajstić information content (AvgIpc) is 2.40. The summed E-state index contributed by atoms with van der Waals surface area (Å²) in [7, 11) is 0. The molecule has 130 valence electrons. The second-order valence-corrected chi connectivity index (χ2v) is 6.89. The van der Waals surface area contributed by atoms with Gasteiger partial charge in [-0.05, 0) is 45.4 Å². The Morgan fingerprint density at radius 2 is 1.96 bits per heavy atom. The Kier molecular flexibility index (Phi) is 10.5. The molecule has 0 bridgehead atoms. The maximum absolute atomic E-state index is 11.8. The summed E-state index contributed by atoms with van der Waals surface area (Å²) in [5.74, 6) is 0.576. The highest BCUT2D eigenvalue weighted by Gasteiger charge is 2.13. The molecule has 0 aromatic heterocycles. The molecule has 1 aromatic rings. The number of carbonyl (C=O) groups is 1. The van der Waals surface area contributed by atoms with Crippen LogP contribution in [0, 0.1) is 0 Å². The Balaban J connectivity index is 0.00000484. The van der Waals surface area contributed by atoms with E-state index in [2.05, 4.69) is 36.9 Å². The van der Waals surface area contributed by atoms with E-state index in [-0.39, 0.29) is 42.0 Å². The zero-order valence-electron chi connectivity index (χ0n) is 14.1. The minimum atomic E-state index is -0.232. The fraction of sp³-hybridized carbons (Fsp3) is 0.500. The first-order chi connectivity index (χ1) is 10.3.